The van der Waals surface area contributed by atoms with E-state index in [1.807, 2.05) is 6.07 Å². The predicted molar refractivity (Wildman–Crippen MR) is 61.6 cm³/mol. The van der Waals surface area contributed by atoms with Crippen molar-refractivity contribution in [3.8, 4) is 5.75 Å². The van der Waals surface area contributed by atoms with Gasteiger partial charge in [-0.05, 0) is 25.8 Å². The molecule has 1 atom stereocenters. The van der Waals surface area contributed by atoms with Gasteiger partial charge in [-0.3, -0.25) is 0 Å². The number of aryl methyl sites for hydroxylation is 1. The van der Waals surface area contributed by atoms with Gasteiger partial charge in [-0.2, -0.15) is 0 Å². The highest BCUT2D eigenvalue weighted by molar-refractivity contribution is 5.54. The number of nitrogens with zero attached hydrogens (tertiary/aromatic N) is 1. The van der Waals surface area contributed by atoms with Crippen LogP contribution in [0.4, 0.5) is 10.2 Å². The fourth-order valence-corrected chi connectivity index (χ4v) is 2.07. The maximum atomic E-state index is 12.3. The molecule has 0 aliphatic carbocycles. The molecule has 3 nitrogen and oxygen atoms in total. The first kappa shape index (κ1) is 11.2. The van der Waals surface area contributed by atoms with Gasteiger partial charge in [0.25, 0.3) is 0 Å². The summed E-state index contributed by atoms with van der Waals surface area (Å²) >= 11 is 0. The minimum Gasteiger partial charge on any atom is -0.461 e. The van der Waals surface area contributed by atoms with Gasteiger partial charge in [-0.25, -0.2) is 9.37 Å². The van der Waals surface area contributed by atoms with Gasteiger partial charge in [0.2, 0.25) is 6.86 Å². The SMILES string of the molecule is CCCc1nc2c(cc1OCF)CC(C)N2. The Labute approximate surface area is 95.0 Å². The summed E-state index contributed by atoms with van der Waals surface area (Å²) < 4.78 is 17.3. The molecule has 0 aromatic carbocycles. The second kappa shape index (κ2) is 4.68. The minimum absolute atomic E-state index is 0.401. The molecule has 0 saturated carbocycles. The maximum absolute atomic E-state index is 12.3. The molecule has 2 heterocycles. The molecular formula is C12H17FN2O. The van der Waals surface area contributed by atoms with Crippen molar-refractivity contribution in [3.05, 3.63) is 17.3 Å². The summed E-state index contributed by atoms with van der Waals surface area (Å²) in [5.41, 5.74) is 1.97. The van der Waals surface area contributed by atoms with Crippen molar-refractivity contribution in [1.29, 1.82) is 0 Å². The highest BCUT2D eigenvalue weighted by Crippen LogP contribution is 2.30. The highest BCUT2D eigenvalue weighted by Gasteiger charge is 2.20. The number of alkyl halides is 1. The first-order valence-electron chi connectivity index (χ1n) is 5.72. The summed E-state index contributed by atoms with van der Waals surface area (Å²) in [4.78, 5) is 4.51. The molecule has 1 aromatic rings. The van der Waals surface area contributed by atoms with Crippen LogP contribution in [-0.2, 0) is 12.8 Å². The van der Waals surface area contributed by atoms with Gasteiger partial charge >= 0.3 is 0 Å². The Morgan fingerprint density at radius 1 is 1.62 bits per heavy atom. The normalized spacial score (nSPS) is 18.1. The lowest BCUT2D eigenvalue weighted by atomic mass is 10.1. The Morgan fingerprint density at radius 2 is 2.44 bits per heavy atom. The van der Waals surface area contributed by atoms with Crippen LogP contribution in [0.15, 0.2) is 6.07 Å². The van der Waals surface area contributed by atoms with Crippen molar-refractivity contribution in [2.75, 3.05) is 12.2 Å². The number of nitrogens with one attached hydrogen (secondary N) is 1. The maximum Gasteiger partial charge on any atom is 0.228 e. The largest absolute Gasteiger partial charge is 0.461 e. The molecule has 0 bridgehead atoms. The molecule has 0 fully saturated rings. The van der Waals surface area contributed by atoms with Crippen LogP contribution in [0.2, 0.25) is 0 Å². The second-order valence-electron chi connectivity index (χ2n) is 4.19. The summed E-state index contributed by atoms with van der Waals surface area (Å²) in [6.07, 6.45) is 2.72. The van der Waals surface area contributed by atoms with Gasteiger partial charge in [0.1, 0.15) is 11.6 Å². The number of halogens is 1. The van der Waals surface area contributed by atoms with Crippen LogP contribution < -0.4 is 10.1 Å². The van der Waals surface area contributed by atoms with Gasteiger partial charge in [-0.15, -0.1) is 0 Å². The summed E-state index contributed by atoms with van der Waals surface area (Å²) in [7, 11) is 0. The van der Waals surface area contributed by atoms with E-state index in [1.165, 1.54) is 0 Å². The molecule has 2 rings (SSSR count). The summed E-state index contributed by atoms with van der Waals surface area (Å²) in [6, 6.07) is 2.32. The van der Waals surface area contributed by atoms with Crippen molar-refractivity contribution in [2.24, 2.45) is 0 Å². The molecule has 0 saturated heterocycles. The lowest BCUT2D eigenvalue weighted by Crippen LogP contribution is -2.09. The molecule has 0 radical (unpaired) electrons. The summed E-state index contributed by atoms with van der Waals surface area (Å²) in [5.74, 6) is 1.53. The van der Waals surface area contributed by atoms with Crippen molar-refractivity contribution < 1.29 is 9.13 Å². The van der Waals surface area contributed by atoms with E-state index in [4.69, 9.17) is 4.74 Å². The Morgan fingerprint density at radius 3 is 3.12 bits per heavy atom. The fraction of sp³-hybridized carbons (Fsp3) is 0.583. The van der Waals surface area contributed by atoms with E-state index in [0.717, 1.165) is 36.3 Å². The van der Waals surface area contributed by atoms with E-state index in [0.29, 0.717) is 11.8 Å². The monoisotopic (exact) mass is 224 g/mol. The van der Waals surface area contributed by atoms with Crippen molar-refractivity contribution in [3.63, 3.8) is 0 Å². The molecular weight excluding hydrogens is 207 g/mol. The number of hydrogen-bond donors (Lipinski definition) is 1. The Hall–Kier alpha value is -1.32. The lowest BCUT2D eigenvalue weighted by molar-refractivity contribution is 0.189. The zero-order valence-electron chi connectivity index (χ0n) is 9.72. The predicted octanol–water partition coefficient (Wildman–Crippen LogP) is 2.70. The molecule has 16 heavy (non-hydrogen) atoms. The molecule has 1 aliphatic rings. The van der Waals surface area contributed by atoms with E-state index in [-0.39, 0.29) is 0 Å². The third kappa shape index (κ3) is 2.10. The molecule has 1 N–H and O–H groups in total. The molecule has 1 aliphatic heterocycles. The van der Waals surface area contributed by atoms with Crippen LogP contribution in [0.1, 0.15) is 31.5 Å². The Balaban J connectivity index is 2.33. The first-order valence-corrected chi connectivity index (χ1v) is 5.72. The number of ether oxygens (including phenoxy) is 1. The van der Waals surface area contributed by atoms with Crippen LogP contribution in [0.3, 0.4) is 0 Å². The van der Waals surface area contributed by atoms with Crippen molar-refractivity contribution in [2.45, 2.75) is 39.2 Å². The third-order valence-electron chi connectivity index (χ3n) is 2.75. The van der Waals surface area contributed by atoms with Crippen LogP contribution >= 0.6 is 0 Å². The average Bonchev–Trinajstić information content (AvgIpc) is 2.58. The standard InChI is InChI=1S/C12H17FN2O/c1-3-4-10-11(16-7-13)6-9-5-8(2)14-12(9)15-10/h6,8H,3-5,7H2,1-2H3,(H,14,15). The van der Waals surface area contributed by atoms with Gasteiger partial charge in [0.05, 0.1) is 5.69 Å². The van der Waals surface area contributed by atoms with E-state index in [2.05, 4.69) is 24.1 Å². The van der Waals surface area contributed by atoms with Crippen LogP contribution in [0.25, 0.3) is 0 Å². The van der Waals surface area contributed by atoms with Crippen LogP contribution in [0, 0.1) is 0 Å². The number of pyridine rings is 1. The van der Waals surface area contributed by atoms with Gasteiger partial charge < -0.3 is 10.1 Å². The van der Waals surface area contributed by atoms with E-state index >= 15 is 0 Å². The van der Waals surface area contributed by atoms with Crippen LogP contribution in [0.5, 0.6) is 5.75 Å². The van der Waals surface area contributed by atoms with Crippen molar-refractivity contribution in [1.82, 2.24) is 4.98 Å². The summed E-state index contributed by atoms with van der Waals surface area (Å²) in [5, 5.41) is 3.31. The molecule has 1 aromatic heterocycles. The van der Waals surface area contributed by atoms with E-state index < -0.39 is 6.86 Å². The first-order chi connectivity index (χ1) is 7.74. The third-order valence-corrected chi connectivity index (χ3v) is 2.75. The number of aromatic nitrogens is 1. The molecule has 0 amide bonds. The van der Waals surface area contributed by atoms with Gasteiger partial charge in [0.15, 0.2) is 0 Å². The average molecular weight is 224 g/mol. The molecule has 88 valence electrons. The van der Waals surface area contributed by atoms with E-state index in [1.54, 1.807) is 0 Å². The molecule has 0 spiro atoms. The lowest BCUT2D eigenvalue weighted by Gasteiger charge is -2.10. The fourth-order valence-electron chi connectivity index (χ4n) is 2.07. The second-order valence-corrected chi connectivity index (χ2v) is 4.19. The molecule has 4 heteroatoms. The number of hydrogen-bond acceptors (Lipinski definition) is 3. The van der Waals surface area contributed by atoms with E-state index in [9.17, 15) is 4.39 Å². The topological polar surface area (TPSA) is 34.1 Å². The number of anilines is 1. The quantitative estimate of drug-likeness (QED) is 0.853. The van der Waals surface area contributed by atoms with Gasteiger partial charge in [0, 0.05) is 11.6 Å². The smallest absolute Gasteiger partial charge is 0.228 e. The zero-order chi connectivity index (χ0) is 11.5. The van der Waals surface area contributed by atoms with Crippen molar-refractivity contribution >= 4 is 5.82 Å². The number of rotatable bonds is 4. The Bertz CT molecular complexity index is 347. The van der Waals surface area contributed by atoms with Crippen LogP contribution in [-0.4, -0.2) is 17.9 Å². The minimum atomic E-state index is -0.792. The summed E-state index contributed by atoms with van der Waals surface area (Å²) in [6.45, 7) is 3.39. The Kier molecular flexibility index (Phi) is 3.27. The number of fused-ring (bicyclic) bond motifs is 1. The van der Waals surface area contributed by atoms with Gasteiger partial charge in [-0.1, -0.05) is 13.3 Å². The highest BCUT2D eigenvalue weighted by atomic mass is 19.1. The zero-order valence-corrected chi connectivity index (χ0v) is 9.72. The molecule has 1 unspecified atom stereocenters.